The number of halogens is 9. The van der Waals surface area contributed by atoms with Gasteiger partial charge in [-0.05, 0) is 75.6 Å². The zero-order chi connectivity index (χ0) is 33.7. The standard InChI is InChI=1S/C27H28F9N7O2/c1-14-18(27(34,35)36)12-20-21(37-14)19(7-6-8-42(20)23(44)45-24(2,3)4)43(22-38-40-41(5)39-22)13-15-9-16(25(28,29)30)11-17(10-15)26(31,32)33/h9-12,19H,6-8,13H2,1-5H3. The molecule has 0 aliphatic carbocycles. The molecule has 0 N–H and O–H groups in total. The van der Waals surface area contributed by atoms with E-state index in [1.807, 2.05) is 0 Å². The van der Waals surface area contributed by atoms with Crippen LogP contribution in [0.4, 0.5) is 55.9 Å². The van der Waals surface area contributed by atoms with E-state index in [9.17, 15) is 44.3 Å². The number of pyridine rings is 1. The number of alkyl halides is 9. The summed E-state index contributed by atoms with van der Waals surface area (Å²) in [6.07, 6.45) is -15.9. The van der Waals surface area contributed by atoms with Crippen LogP contribution >= 0.6 is 0 Å². The smallest absolute Gasteiger partial charge is 0.418 e. The summed E-state index contributed by atoms with van der Waals surface area (Å²) in [6, 6.07) is 0.663. The average Bonchev–Trinajstić information content (AvgIpc) is 3.22. The van der Waals surface area contributed by atoms with Crippen molar-refractivity contribution in [3.8, 4) is 0 Å². The van der Waals surface area contributed by atoms with Crippen molar-refractivity contribution in [3.05, 3.63) is 57.9 Å². The molecule has 3 aromatic rings. The van der Waals surface area contributed by atoms with Crippen LogP contribution in [0.3, 0.4) is 0 Å². The van der Waals surface area contributed by atoms with Crippen molar-refractivity contribution in [1.29, 1.82) is 0 Å². The average molecular weight is 654 g/mol. The third-order valence-corrected chi connectivity index (χ3v) is 6.74. The third kappa shape index (κ3) is 7.76. The Bertz CT molecular complexity index is 1530. The lowest BCUT2D eigenvalue weighted by Crippen LogP contribution is -2.38. The third-order valence-electron chi connectivity index (χ3n) is 6.74. The predicted octanol–water partition coefficient (Wildman–Crippen LogP) is 7.25. The molecule has 1 aliphatic heterocycles. The van der Waals surface area contributed by atoms with E-state index in [0.29, 0.717) is 12.1 Å². The number of hydrogen-bond acceptors (Lipinski definition) is 7. The van der Waals surface area contributed by atoms with Gasteiger partial charge in [0.1, 0.15) is 5.60 Å². The Morgan fingerprint density at radius 3 is 2.04 bits per heavy atom. The van der Waals surface area contributed by atoms with Gasteiger partial charge in [0, 0.05) is 13.1 Å². The quantitative estimate of drug-likeness (QED) is 0.274. The van der Waals surface area contributed by atoms with Gasteiger partial charge in [-0.2, -0.15) is 44.3 Å². The van der Waals surface area contributed by atoms with Gasteiger partial charge >= 0.3 is 24.6 Å². The van der Waals surface area contributed by atoms with Crippen molar-refractivity contribution < 1.29 is 49.0 Å². The molecule has 0 radical (unpaired) electrons. The largest absolute Gasteiger partial charge is 0.443 e. The lowest BCUT2D eigenvalue weighted by atomic mass is 10.0. The molecule has 0 spiro atoms. The number of benzene rings is 1. The summed E-state index contributed by atoms with van der Waals surface area (Å²) in [5.74, 6) is -0.246. The molecule has 1 atom stereocenters. The Labute approximate surface area is 251 Å². The van der Waals surface area contributed by atoms with E-state index in [2.05, 4.69) is 20.4 Å². The number of fused-ring (bicyclic) bond motifs is 1. The molecular weight excluding hydrogens is 625 g/mol. The first-order chi connectivity index (χ1) is 20.5. The molecule has 1 aromatic carbocycles. The van der Waals surface area contributed by atoms with E-state index >= 15 is 0 Å². The maximum atomic E-state index is 14.0. The highest BCUT2D eigenvalue weighted by molar-refractivity contribution is 5.89. The molecule has 45 heavy (non-hydrogen) atoms. The fraction of sp³-hybridized carbons (Fsp3) is 0.519. The fourth-order valence-corrected chi connectivity index (χ4v) is 4.89. The molecule has 3 heterocycles. The fourth-order valence-electron chi connectivity index (χ4n) is 4.89. The van der Waals surface area contributed by atoms with E-state index in [1.165, 1.54) is 11.9 Å². The minimum atomic E-state index is -5.12. The SMILES string of the molecule is Cc1nc2c(cc1C(F)(F)F)N(C(=O)OC(C)(C)C)CCCC2N(Cc1cc(C(F)(F)F)cc(C(F)(F)F)c1)c1nnn(C)n1. The first kappa shape index (κ1) is 33.8. The number of tetrazole rings is 1. The number of amides is 1. The van der Waals surface area contributed by atoms with Crippen molar-refractivity contribution >= 4 is 17.7 Å². The van der Waals surface area contributed by atoms with E-state index < -0.39 is 70.8 Å². The summed E-state index contributed by atoms with van der Waals surface area (Å²) >= 11 is 0. The zero-order valence-electron chi connectivity index (χ0n) is 24.6. The number of carbonyl (C=O) groups is 1. The Morgan fingerprint density at radius 1 is 0.956 bits per heavy atom. The van der Waals surface area contributed by atoms with E-state index in [1.54, 1.807) is 20.8 Å². The van der Waals surface area contributed by atoms with Gasteiger partial charge in [-0.25, -0.2) is 4.79 Å². The summed E-state index contributed by atoms with van der Waals surface area (Å²) in [6.45, 7) is 4.99. The van der Waals surface area contributed by atoms with Crippen molar-refractivity contribution in [2.45, 2.75) is 77.3 Å². The molecule has 2 aromatic heterocycles. The number of aromatic nitrogens is 5. The number of carbonyl (C=O) groups excluding carboxylic acids is 1. The first-order valence-electron chi connectivity index (χ1n) is 13.4. The van der Waals surface area contributed by atoms with Crippen LogP contribution in [0.2, 0.25) is 0 Å². The normalized spacial score (nSPS) is 16.3. The van der Waals surface area contributed by atoms with E-state index in [-0.39, 0.29) is 42.8 Å². The van der Waals surface area contributed by atoms with Crippen LogP contribution in [-0.2, 0) is 36.9 Å². The van der Waals surface area contributed by atoms with Gasteiger partial charge in [-0.15, -0.1) is 5.10 Å². The highest BCUT2D eigenvalue weighted by atomic mass is 19.4. The Balaban J connectivity index is 1.93. The number of hydrogen-bond donors (Lipinski definition) is 0. The van der Waals surface area contributed by atoms with Crippen LogP contribution in [0.1, 0.15) is 73.3 Å². The van der Waals surface area contributed by atoms with E-state index in [4.69, 9.17) is 4.74 Å². The van der Waals surface area contributed by atoms with Crippen LogP contribution in [0, 0.1) is 6.92 Å². The van der Waals surface area contributed by atoms with Crippen LogP contribution in [0.15, 0.2) is 24.3 Å². The zero-order valence-corrected chi connectivity index (χ0v) is 24.6. The topological polar surface area (TPSA) is 89.3 Å². The van der Waals surface area contributed by atoms with Gasteiger partial charge in [0.15, 0.2) is 0 Å². The predicted molar refractivity (Wildman–Crippen MR) is 141 cm³/mol. The minimum Gasteiger partial charge on any atom is -0.443 e. The second kappa shape index (κ2) is 11.7. The van der Waals surface area contributed by atoms with Gasteiger partial charge in [0.2, 0.25) is 0 Å². The van der Waals surface area contributed by atoms with Crippen LogP contribution in [0.5, 0.6) is 0 Å². The molecule has 1 aliphatic rings. The van der Waals surface area contributed by atoms with E-state index in [0.717, 1.165) is 22.7 Å². The lowest BCUT2D eigenvalue weighted by Gasteiger charge is -2.32. The van der Waals surface area contributed by atoms with Gasteiger partial charge < -0.3 is 9.64 Å². The van der Waals surface area contributed by atoms with Crippen LogP contribution in [-0.4, -0.2) is 43.4 Å². The number of aryl methyl sites for hydroxylation is 2. The second-order valence-corrected chi connectivity index (χ2v) is 11.4. The lowest BCUT2D eigenvalue weighted by molar-refractivity contribution is -0.143. The molecule has 18 heteroatoms. The summed E-state index contributed by atoms with van der Waals surface area (Å²) < 4.78 is 129. The van der Waals surface area contributed by atoms with Gasteiger partial charge in [-0.3, -0.25) is 9.88 Å². The molecule has 0 fully saturated rings. The number of ether oxygens (including phenoxy) is 1. The highest BCUT2D eigenvalue weighted by Gasteiger charge is 2.41. The Kier molecular flexibility index (Phi) is 8.76. The molecule has 1 amide bonds. The monoisotopic (exact) mass is 653 g/mol. The Morgan fingerprint density at radius 2 is 1.56 bits per heavy atom. The summed E-state index contributed by atoms with van der Waals surface area (Å²) in [5, 5.41) is 11.7. The molecule has 4 rings (SSSR count). The maximum Gasteiger partial charge on any atom is 0.418 e. The Hall–Kier alpha value is -4.12. The minimum absolute atomic E-state index is 0.0162. The number of anilines is 2. The first-order valence-corrected chi connectivity index (χ1v) is 13.4. The number of rotatable bonds is 4. The molecular formula is C27H28F9N7O2. The number of nitrogens with zero attached hydrogens (tertiary/aromatic N) is 7. The van der Waals surface area contributed by atoms with Crippen molar-refractivity contribution in [2.24, 2.45) is 7.05 Å². The molecule has 0 saturated carbocycles. The summed E-state index contributed by atoms with van der Waals surface area (Å²) in [7, 11) is 1.37. The van der Waals surface area contributed by atoms with Crippen molar-refractivity contribution in [3.63, 3.8) is 0 Å². The molecule has 9 nitrogen and oxygen atoms in total. The molecule has 0 saturated heterocycles. The maximum absolute atomic E-state index is 14.0. The van der Waals surface area contributed by atoms with Crippen LogP contribution in [0.25, 0.3) is 0 Å². The second-order valence-electron chi connectivity index (χ2n) is 11.4. The van der Waals surface area contributed by atoms with Crippen LogP contribution < -0.4 is 9.80 Å². The highest BCUT2D eigenvalue weighted by Crippen LogP contribution is 2.43. The summed E-state index contributed by atoms with van der Waals surface area (Å²) in [5.41, 5.74) is -6.60. The van der Waals surface area contributed by atoms with Gasteiger partial charge in [0.05, 0.1) is 46.9 Å². The molecule has 0 bridgehead atoms. The van der Waals surface area contributed by atoms with Gasteiger partial charge in [-0.1, -0.05) is 5.10 Å². The van der Waals surface area contributed by atoms with Crippen molar-refractivity contribution in [2.75, 3.05) is 16.3 Å². The summed E-state index contributed by atoms with van der Waals surface area (Å²) in [4.78, 5) is 20.6. The van der Waals surface area contributed by atoms with Gasteiger partial charge in [0.25, 0.3) is 5.95 Å². The van der Waals surface area contributed by atoms with Crippen molar-refractivity contribution in [1.82, 2.24) is 25.2 Å². The molecule has 246 valence electrons. The molecule has 1 unspecified atom stereocenters.